The van der Waals surface area contributed by atoms with E-state index in [-0.39, 0.29) is 23.1 Å². The zero-order valence-electron chi connectivity index (χ0n) is 19.9. The summed E-state index contributed by atoms with van der Waals surface area (Å²) in [4.78, 5) is 33.3. The standard InChI is InChI=1S/C29H30N4O2/c1-21(25-13-7-9-22-8-5-6-12-26(22)25)30-28(34)27-15-14-23(31-29(27)35)20-32-16-18-33(19-17-32)24-10-3-2-4-11-24/h2-15,21H,16-20H2,1H3,(H,30,34)(H,31,35). The van der Waals surface area contributed by atoms with Crippen LogP contribution in [0.4, 0.5) is 5.69 Å². The lowest BCUT2D eigenvalue weighted by atomic mass is 9.99. The van der Waals surface area contributed by atoms with E-state index in [0.717, 1.165) is 48.2 Å². The first kappa shape index (κ1) is 22.9. The van der Waals surface area contributed by atoms with Crippen molar-refractivity contribution in [2.45, 2.75) is 19.5 Å². The zero-order valence-corrected chi connectivity index (χ0v) is 19.9. The average Bonchev–Trinajstić information content (AvgIpc) is 2.89. The van der Waals surface area contributed by atoms with Crippen LogP contribution in [-0.2, 0) is 6.54 Å². The van der Waals surface area contributed by atoms with Gasteiger partial charge in [-0.1, -0.05) is 60.7 Å². The number of carbonyl (C=O) groups is 1. The molecule has 1 saturated heterocycles. The van der Waals surface area contributed by atoms with E-state index >= 15 is 0 Å². The number of anilines is 1. The van der Waals surface area contributed by atoms with E-state index in [2.05, 4.69) is 62.6 Å². The van der Waals surface area contributed by atoms with E-state index in [0.29, 0.717) is 6.54 Å². The Balaban J connectivity index is 1.21. The molecule has 1 aromatic heterocycles. The number of pyridine rings is 1. The predicted molar refractivity (Wildman–Crippen MR) is 141 cm³/mol. The first-order chi connectivity index (χ1) is 17.1. The molecule has 1 aliphatic rings. The van der Waals surface area contributed by atoms with Crippen molar-refractivity contribution < 1.29 is 4.79 Å². The van der Waals surface area contributed by atoms with Gasteiger partial charge in [0, 0.05) is 44.1 Å². The Morgan fingerprint density at radius 2 is 1.60 bits per heavy atom. The van der Waals surface area contributed by atoms with Gasteiger partial charge in [-0.05, 0) is 47.5 Å². The largest absolute Gasteiger partial charge is 0.369 e. The number of rotatable bonds is 6. The summed E-state index contributed by atoms with van der Waals surface area (Å²) in [5.74, 6) is -0.366. The molecule has 1 aliphatic heterocycles. The maximum atomic E-state index is 12.9. The van der Waals surface area contributed by atoms with Gasteiger partial charge in [0.25, 0.3) is 11.5 Å². The maximum absolute atomic E-state index is 12.9. The lowest BCUT2D eigenvalue weighted by molar-refractivity contribution is 0.0938. The lowest BCUT2D eigenvalue weighted by Crippen LogP contribution is -2.46. The van der Waals surface area contributed by atoms with E-state index in [4.69, 9.17) is 0 Å². The highest BCUT2D eigenvalue weighted by atomic mass is 16.2. The molecule has 1 unspecified atom stereocenters. The summed E-state index contributed by atoms with van der Waals surface area (Å²) in [6.07, 6.45) is 0. The van der Waals surface area contributed by atoms with Crippen molar-refractivity contribution in [2.75, 3.05) is 31.1 Å². The van der Waals surface area contributed by atoms with Crippen molar-refractivity contribution in [1.29, 1.82) is 0 Å². The molecule has 2 N–H and O–H groups in total. The second-order valence-corrected chi connectivity index (χ2v) is 9.09. The molecule has 0 radical (unpaired) electrons. The normalized spacial score (nSPS) is 15.2. The van der Waals surface area contributed by atoms with Gasteiger partial charge in [0.05, 0.1) is 6.04 Å². The molecule has 1 amide bonds. The third-order valence-corrected chi connectivity index (χ3v) is 6.74. The Morgan fingerprint density at radius 3 is 2.37 bits per heavy atom. The summed E-state index contributed by atoms with van der Waals surface area (Å²) in [5.41, 5.74) is 2.87. The molecular formula is C29H30N4O2. The van der Waals surface area contributed by atoms with Crippen LogP contribution in [0.1, 0.15) is 34.6 Å². The number of benzene rings is 3. The molecule has 4 aromatic rings. The Labute approximate surface area is 205 Å². The Kier molecular flexibility index (Phi) is 6.64. The third-order valence-electron chi connectivity index (χ3n) is 6.74. The van der Waals surface area contributed by atoms with Crippen LogP contribution in [0.5, 0.6) is 0 Å². The quantitative estimate of drug-likeness (QED) is 0.444. The Bertz CT molecular complexity index is 1370. The van der Waals surface area contributed by atoms with Crippen LogP contribution in [0, 0.1) is 0 Å². The zero-order chi connectivity index (χ0) is 24.2. The van der Waals surface area contributed by atoms with Crippen molar-refractivity contribution in [3.8, 4) is 0 Å². The van der Waals surface area contributed by atoms with Crippen molar-refractivity contribution in [3.05, 3.63) is 112 Å². The number of amides is 1. The number of piperazine rings is 1. The summed E-state index contributed by atoms with van der Waals surface area (Å²) in [5, 5.41) is 5.21. The Hall–Kier alpha value is -3.90. The number of carbonyl (C=O) groups excluding carboxylic acids is 1. The van der Waals surface area contributed by atoms with Gasteiger partial charge in [-0.25, -0.2) is 0 Å². The highest BCUT2D eigenvalue weighted by Gasteiger charge is 2.19. The number of nitrogens with zero attached hydrogens (tertiary/aromatic N) is 2. The fourth-order valence-electron chi connectivity index (χ4n) is 4.81. The van der Waals surface area contributed by atoms with Crippen LogP contribution in [0.2, 0.25) is 0 Å². The lowest BCUT2D eigenvalue weighted by Gasteiger charge is -2.36. The first-order valence-electron chi connectivity index (χ1n) is 12.1. The molecule has 0 bridgehead atoms. The second kappa shape index (κ2) is 10.2. The van der Waals surface area contributed by atoms with Gasteiger partial charge >= 0.3 is 0 Å². The molecule has 0 aliphatic carbocycles. The molecule has 178 valence electrons. The average molecular weight is 467 g/mol. The predicted octanol–water partition coefficient (Wildman–Crippen LogP) is 4.34. The molecule has 1 atom stereocenters. The number of aromatic nitrogens is 1. The molecule has 3 aromatic carbocycles. The number of hydrogen-bond donors (Lipinski definition) is 2. The fourth-order valence-corrected chi connectivity index (χ4v) is 4.81. The second-order valence-electron chi connectivity index (χ2n) is 9.09. The van der Waals surface area contributed by atoms with Crippen LogP contribution in [0.3, 0.4) is 0 Å². The number of H-pyrrole nitrogens is 1. The number of aromatic amines is 1. The Morgan fingerprint density at radius 1 is 0.886 bits per heavy atom. The minimum absolute atomic E-state index is 0.134. The van der Waals surface area contributed by atoms with Crippen molar-refractivity contribution in [1.82, 2.24) is 15.2 Å². The van der Waals surface area contributed by atoms with E-state index in [9.17, 15) is 9.59 Å². The molecule has 1 fully saturated rings. The van der Waals surface area contributed by atoms with Crippen LogP contribution >= 0.6 is 0 Å². The van der Waals surface area contributed by atoms with Crippen LogP contribution < -0.4 is 15.8 Å². The van der Waals surface area contributed by atoms with E-state index in [1.807, 2.05) is 43.3 Å². The monoisotopic (exact) mass is 466 g/mol. The van der Waals surface area contributed by atoms with Gasteiger partial charge in [-0.15, -0.1) is 0 Å². The molecule has 6 nitrogen and oxygen atoms in total. The van der Waals surface area contributed by atoms with Gasteiger partial charge in [0.1, 0.15) is 5.56 Å². The number of nitrogens with one attached hydrogen (secondary N) is 2. The van der Waals surface area contributed by atoms with Crippen molar-refractivity contribution in [2.24, 2.45) is 0 Å². The third kappa shape index (κ3) is 5.12. The topological polar surface area (TPSA) is 68.4 Å². The van der Waals surface area contributed by atoms with Gasteiger partial charge in [0.15, 0.2) is 0 Å². The van der Waals surface area contributed by atoms with E-state index in [1.165, 1.54) is 5.69 Å². The number of fused-ring (bicyclic) bond motifs is 1. The molecule has 35 heavy (non-hydrogen) atoms. The van der Waals surface area contributed by atoms with Crippen molar-refractivity contribution >= 4 is 22.4 Å². The summed E-state index contributed by atoms with van der Waals surface area (Å²) in [7, 11) is 0. The molecule has 5 rings (SSSR count). The maximum Gasteiger partial charge on any atom is 0.261 e. The van der Waals surface area contributed by atoms with Crippen molar-refractivity contribution in [3.63, 3.8) is 0 Å². The van der Waals surface area contributed by atoms with Gasteiger partial charge in [-0.3, -0.25) is 14.5 Å². The van der Waals surface area contributed by atoms with Gasteiger partial charge in [0.2, 0.25) is 0 Å². The fraction of sp³-hybridized carbons (Fsp3) is 0.241. The van der Waals surface area contributed by atoms with E-state index in [1.54, 1.807) is 6.07 Å². The van der Waals surface area contributed by atoms with E-state index < -0.39 is 0 Å². The van der Waals surface area contributed by atoms with Gasteiger partial charge < -0.3 is 15.2 Å². The highest BCUT2D eigenvalue weighted by Crippen LogP contribution is 2.24. The summed E-state index contributed by atoms with van der Waals surface area (Å²) in [6, 6.07) is 27.8. The van der Waals surface area contributed by atoms with Gasteiger partial charge in [-0.2, -0.15) is 0 Å². The van der Waals surface area contributed by atoms with Crippen LogP contribution in [0.15, 0.2) is 89.7 Å². The minimum Gasteiger partial charge on any atom is -0.369 e. The number of hydrogen-bond acceptors (Lipinski definition) is 4. The van der Waals surface area contributed by atoms with Crippen LogP contribution in [-0.4, -0.2) is 42.0 Å². The molecular weight excluding hydrogens is 436 g/mol. The summed E-state index contributed by atoms with van der Waals surface area (Å²) >= 11 is 0. The minimum atomic E-state index is -0.366. The number of para-hydroxylation sites is 1. The highest BCUT2D eigenvalue weighted by molar-refractivity contribution is 5.94. The molecule has 2 heterocycles. The summed E-state index contributed by atoms with van der Waals surface area (Å²) in [6.45, 7) is 6.33. The first-order valence-corrected chi connectivity index (χ1v) is 12.1. The summed E-state index contributed by atoms with van der Waals surface area (Å²) < 4.78 is 0. The smallest absolute Gasteiger partial charge is 0.261 e. The SMILES string of the molecule is CC(NC(=O)c1ccc(CN2CCN(c3ccccc3)CC2)[nH]c1=O)c1cccc2ccccc12. The molecule has 0 saturated carbocycles. The van der Waals surface area contributed by atoms with Crippen LogP contribution in [0.25, 0.3) is 10.8 Å². The molecule has 0 spiro atoms. The molecule has 6 heteroatoms.